The van der Waals surface area contributed by atoms with Gasteiger partial charge in [0.2, 0.25) is 0 Å². The smallest absolute Gasteiger partial charge is 0.422 e. The second kappa shape index (κ2) is 6.32. The van der Waals surface area contributed by atoms with Gasteiger partial charge in [-0.05, 0) is 27.2 Å². The van der Waals surface area contributed by atoms with Crippen molar-refractivity contribution in [1.82, 2.24) is 10.9 Å². The summed E-state index contributed by atoms with van der Waals surface area (Å²) in [5.41, 5.74) is 4.27. The van der Waals surface area contributed by atoms with Gasteiger partial charge in [0, 0.05) is 0 Å². The molecule has 1 unspecified atom stereocenters. The first-order chi connectivity index (χ1) is 7.30. The molecule has 0 aliphatic heterocycles. The summed E-state index contributed by atoms with van der Waals surface area (Å²) in [7, 11) is 1.29. The minimum Gasteiger partial charge on any atom is -0.468 e. The number of ether oxygens (including phenoxy) is 2. The third-order valence-corrected chi connectivity index (χ3v) is 1.64. The lowest BCUT2D eigenvalue weighted by molar-refractivity contribution is -0.143. The molecule has 0 aromatic heterocycles. The van der Waals surface area contributed by atoms with Crippen LogP contribution in [0.3, 0.4) is 0 Å². The molecular weight excluding hydrogens is 212 g/mol. The van der Waals surface area contributed by atoms with E-state index in [4.69, 9.17) is 4.74 Å². The molecule has 0 bridgehead atoms. The van der Waals surface area contributed by atoms with E-state index in [1.54, 1.807) is 27.7 Å². The lowest BCUT2D eigenvalue weighted by Gasteiger charge is -2.21. The van der Waals surface area contributed by atoms with Gasteiger partial charge in [-0.3, -0.25) is 10.2 Å². The van der Waals surface area contributed by atoms with E-state index in [0.717, 1.165) is 0 Å². The van der Waals surface area contributed by atoms with Crippen LogP contribution in [0, 0.1) is 0 Å². The van der Waals surface area contributed by atoms with E-state index >= 15 is 0 Å². The summed E-state index contributed by atoms with van der Waals surface area (Å²) in [6.45, 7) is 7.06. The van der Waals surface area contributed by atoms with Gasteiger partial charge in [0.25, 0.3) is 0 Å². The predicted molar refractivity (Wildman–Crippen MR) is 58.6 cm³/mol. The van der Waals surface area contributed by atoms with E-state index in [1.165, 1.54) is 7.11 Å². The maximum atomic E-state index is 11.2. The SMILES string of the molecule is CCC(NNC(=O)OC(C)(C)C)C(=O)OC. The van der Waals surface area contributed by atoms with E-state index in [9.17, 15) is 9.59 Å². The maximum Gasteiger partial charge on any atom is 0.422 e. The van der Waals surface area contributed by atoms with Crippen LogP contribution >= 0.6 is 0 Å². The van der Waals surface area contributed by atoms with Crippen LogP contribution in [0.25, 0.3) is 0 Å². The molecule has 6 nitrogen and oxygen atoms in total. The van der Waals surface area contributed by atoms with Crippen LogP contribution in [0.1, 0.15) is 34.1 Å². The molecular formula is C10H20N2O4. The summed E-state index contributed by atoms with van der Waals surface area (Å²) in [6.07, 6.45) is -0.127. The molecule has 0 rings (SSSR count). The highest BCUT2D eigenvalue weighted by Gasteiger charge is 2.20. The average molecular weight is 232 g/mol. The summed E-state index contributed by atoms with van der Waals surface area (Å²) in [6, 6.07) is -0.572. The van der Waals surface area contributed by atoms with Gasteiger partial charge in [-0.25, -0.2) is 10.2 Å². The topological polar surface area (TPSA) is 76.7 Å². The van der Waals surface area contributed by atoms with Gasteiger partial charge in [-0.2, -0.15) is 0 Å². The molecule has 2 N–H and O–H groups in total. The molecule has 94 valence electrons. The van der Waals surface area contributed by atoms with Gasteiger partial charge in [-0.15, -0.1) is 0 Å². The number of carbonyl (C=O) groups is 2. The Balaban J connectivity index is 4.03. The van der Waals surface area contributed by atoms with Crippen LogP contribution in [0.15, 0.2) is 0 Å². The fourth-order valence-electron chi connectivity index (χ4n) is 0.920. The van der Waals surface area contributed by atoms with Crippen LogP contribution in [-0.4, -0.2) is 30.8 Å². The zero-order valence-corrected chi connectivity index (χ0v) is 10.4. The van der Waals surface area contributed by atoms with Crippen molar-refractivity contribution in [3.8, 4) is 0 Å². The van der Waals surface area contributed by atoms with Crippen LogP contribution in [-0.2, 0) is 14.3 Å². The third-order valence-electron chi connectivity index (χ3n) is 1.64. The molecule has 0 radical (unpaired) electrons. The Morgan fingerprint density at radius 1 is 1.31 bits per heavy atom. The van der Waals surface area contributed by atoms with Gasteiger partial charge < -0.3 is 9.47 Å². The Labute approximate surface area is 95.6 Å². The third kappa shape index (κ3) is 6.23. The van der Waals surface area contributed by atoms with Gasteiger partial charge in [0.15, 0.2) is 0 Å². The molecule has 1 amide bonds. The summed E-state index contributed by atoms with van der Waals surface area (Å²) in [4.78, 5) is 22.4. The second-order valence-corrected chi connectivity index (χ2v) is 4.26. The van der Waals surface area contributed by atoms with Gasteiger partial charge >= 0.3 is 12.1 Å². The van der Waals surface area contributed by atoms with Crippen molar-refractivity contribution in [2.24, 2.45) is 0 Å². The Morgan fingerprint density at radius 2 is 1.88 bits per heavy atom. The highest BCUT2D eigenvalue weighted by molar-refractivity contribution is 5.76. The van der Waals surface area contributed by atoms with Crippen molar-refractivity contribution >= 4 is 12.1 Å². The Hall–Kier alpha value is -1.30. The van der Waals surface area contributed by atoms with Crippen molar-refractivity contribution in [2.45, 2.75) is 45.8 Å². The standard InChI is InChI=1S/C10H20N2O4/c1-6-7(8(13)15-5)11-12-9(14)16-10(2,3)4/h7,11H,6H2,1-5H3,(H,12,14). The van der Waals surface area contributed by atoms with Crippen LogP contribution < -0.4 is 10.9 Å². The molecule has 0 saturated carbocycles. The molecule has 0 aromatic rings. The molecule has 0 saturated heterocycles. The number of amides is 1. The number of hydrogen-bond acceptors (Lipinski definition) is 5. The zero-order chi connectivity index (χ0) is 12.8. The van der Waals surface area contributed by atoms with Crippen molar-refractivity contribution in [1.29, 1.82) is 0 Å². The van der Waals surface area contributed by atoms with E-state index in [1.807, 2.05) is 0 Å². The quantitative estimate of drug-likeness (QED) is 0.558. The molecule has 0 heterocycles. The Morgan fingerprint density at radius 3 is 2.25 bits per heavy atom. The minimum absolute atomic E-state index is 0.432. The summed E-state index contributed by atoms with van der Waals surface area (Å²) in [5, 5.41) is 0. The first kappa shape index (κ1) is 14.7. The number of carbonyl (C=O) groups excluding carboxylic acids is 2. The number of rotatable bonds is 4. The van der Waals surface area contributed by atoms with E-state index in [-0.39, 0.29) is 0 Å². The molecule has 1 atom stereocenters. The summed E-state index contributed by atoms with van der Waals surface area (Å²) >= 11 is 0. The number of hydrazine groups is 1. The highest BCUT2D eigenvalue weighted by Crippen LogP contribution is 2.06. The fourth-order valence-corrected chi connectivity index (χ4v) is 0.920. The number of hydrogen-bond donors (Lipinski definition) is 2. The molecule has 0 aliphatic rings. The van der Waals surface area contributed by atoms with Crippen LogP contribution in [0.4, 0.5) is 4.79 Å². The van der Waals surface area contributed by atoms with E-state index in [2.05, 4.69) is 15.6 Å². The average Bonchev–Trinajstić information content (AvgIpc) is 2.15. The predicted octanol–water partition coefficient (Wildman–Crippen LogP) is 0.967. The summed E-state index contributed by atoms with van der Waals surface area (Å²) < 4.78 is 9.52. The lowest BCUT2D eigenvalue weighted by atomic mass is 10.2. The van der Waals surface area contributed by atoms with Gasteiger partial charge in [0.1, 0.15) is 11.6 Å². The minimum atomic E-state index is -0.630. The Kier molecular flexibility index (Phi) is 5.81. The van der Waals surface area contributed by atoms with Crippen molar-refractivity contribution in [2.75, 3.05) is 7.11 Å². The maximum absolute atomic E-state index is 11.2. The van der Waals surface area contributed by atoms with Crippen molar-refractivity contribution in [3.63, 3.8) is 0 Å². The van der Waals surface area contributed by atoms with E-state index in [0.29, 0.717) is 6.42 Å². The molecule has 0 fully saturated rings. The molecule has 0 spiro atoms. The fraction of sp³-hybridized carbons (Fsp3) is 0.800. The Bertz CT molecular complexity index is 248. The number of methoxy groups -OCH3 is 1. The zero-order valence-electron chi connectivity index (χ0n) is 10.4. The first-order valence-corrected chi connectivity index (χ1v) is 5.12. The van der Waals surface area contributed by atoms with Gasteiger partial charge in [-0.1, -0.05) is 6.92 Å². The van der Waals surface area contributed by atoms with E-state index < -0.39 is 23.7 Å². The highest BCUT2D eigenvalue weighted by atomic mass is 16.6. The van der Waals surface area contributed by atoms with Crippen LogP contribution in [0.2, 0.25) is 0 Å². The normalized spacial score (nSPS) is 12.8. The molecule has 16 heavy (non-hydrogen) atoms. The monoisotopic (exact) mass is 232 g/mol. The number of esters is 1. The molecule has 0 aromatic carbocycles. The van der Waals surface area contributed by atoms with Crippen molar-refractivity contribution in [3.05, 3.63) is 0 Å². The summed E-state index contributed by atoms with van der Waals surface area (Å²) in [5.74, 6) is -0.432. The lowest BCUT2D eigenvalue weighted by Crippen LogP contribution is -2.49. The first-order valence-electron chi connectivity index (χ1n) is 5.12. The molecule has 0 aliphatic carbocycles. The van der Waals surface area contributed by atoms with Crippen molar-refractivity contribution < 1.29 is 19.1 Å². The van der Waals surface area contributed by atoms with Crippen LogP contribution in [0.5, 0.6) is 0 Å². The van der Waals surface area contributed by atoms with Gasteiger partial charge in [0.05, 0.1) is 7.11 Å². The molecule has 6 heteroatoms. The largest absolute Gasteiger partial charge is 0.468 e. The second-order valence-electron chi connectivity index (χ2n) is 4.26. The number of nitrogens with one attached hydrogen (secondary N) is 2.